The van der Waals surface area contributed by atoms with Crippen LogP contribution in [0.3, 0.4) is 0 Å². The highest BCUT2D eigenvalue weighted by Crippen LogP contribution is 2.38. The molecule has 3 N–H and O–H groups in total. The monoisotopic (exact) mass is 378 g/mol. The van der Waals surface area contributed by atoms with Crippen molar-refractivity contribution in [3.63, 3.8) is 0 Å². The largest absolute Gasteiger partial charge is 0.477 e. The number of carboxylic acid groups (broad SMARTS) is 1. The number of piperidine rings is 1. The van der Waals surface area contributed by atoms with Crippen molar-refractivity contribution < 1.29 is 9.90 Å². The molecule has 28 heavy (non-hydrogen) atoms. The zero-order chi connectivity index (χ0) is 19.5. The lowest BCUT2D eigenvalue weighted by Crippen LogP contribution is -2.33. The Balaban J connectivity index is 1.83. The second-order valence-corrected chi connectivity index (χ2v) is 7.64. The van der Waals surface area contributed by atoms with E-state index in [1.807, 2.05) is 30.3 Å². The van der Waals surface area contributed by atoms with Gasteiger partial charge in [0, 0.05) is 30.4 Å². The molecule has 1 aliphatic carbocycles. The van der Waals surface area contributed by atoms with Gasteiger partial charge in [0.1, 0.15) is 5.82 Å². The molecule has 0 radical (unpaired) electrons. The van der Waals surface area contributed by atoms with Crippen LogP contribution in [0.4, 0.5) is 17.2 Å². The average Bonchev–Trinajstić information content (AvgIpc) is 2.67. The Labute approximate surface area is 165 Å². The lowest BCUT2D eigenvalue weighted by Gasteiger charge is -2.34. The van der Waals surface area contributed by atoms with Gasteiger partial charge in [-0.15, -0.1) is 0 Å². The number of rotatable bonds is 6. The molecule has 0 bridgehead atoms. The van der Waals surface area contributed by atoms with E-state index >= 15 is 0 Å². The zero-order valence-corrected chi connectivity index (χ0v) is 15.9. The van der Waals surface area contributed by atoms with Crippen LogP contribution >= 0.6 is 0 Å². The van der Waals surface area contributed by atoms with Gasteiger partial charge in [0.2, 0.25) is 0 Å². The Morgan fingerprint density at radius 2 is 1.82 bits per heavy atom. The Kier molecular flexibility index (Phi) is 5.28. The van der Waals surface area contributed by atoms with Crippen molar-refractivity contribution in [1.29, 1.82) is 5.41 Å². The normalized spacial score (nSPS) is 17.1. The molecule has 2 aliphatic rings. The van der Waals surface area contributed by atoms with Crippen molar-refractivity contribution in [2.45, 2.75) is 38.5 Å². The summed E-state index contributed by atoms with van der Waals surface area (Å²) in [5.41, 5.74) is 3.03. The van der Waals surface area contributed by atoms with Crippen LogP contribution in [0.5, 0.6) is 0 Å². The van der Waals surface area contributed by atoms with E-state index in [2.05, 4.69) is 15.2 Å². The molecule has 1 saturated carbocycles. The molecule has 2 heterocycles. The van der Waals surface area contributed by atoms with E-state index < -0.39 is 5.97 Å². The zero-order valence-electron chi connectivity index (χ0n) is 15.9. The maximum absolute atomic E-state index is 11.8. The quantitative estimate of drug-likeness (QED) is 0.635. The van der Waals surface area contributed by atoms with Crippen LogP contribution in [0.2, 0.25) is 0 Å². The van der Waals surface area contributed by atoms with Crippen molar-refractivity contribution >= 4 is 28.9 Å². The van der Waals surface area contributed by atoms with Gasteiger partial charge in [-0.3, -0.25) is 0 Å². The molecule has 6 heteroatoms. The lowest BCUT2D eigenvalue weighted by molar-refractivity contribution is 0.0690. The fourth-order valence-electron chi connectivity index (χ4n) is 3.94. The second kappa shape index (κ2) is 8.00. The van der Waals surface area contributed by atoms with Crippen LogP contribution in [0, 0.1) is 11.3 Å². The molecule has 6 nitrogen and oxygen atoms in total. The summed E-state index contributed by atoms with van der Waals surface area (Å²) in [6.45, 7) is 1.78. The van der Waals surface area contributed by atoms with Crippen molar-refractivity contribution in [3.05, 3.63) is 47.7 Å². The molecule has 146 valence electrons. The Bertz CT molecular complexity index is 872. The predicted molar refractivity (Wildman–Crippen MR) is 111 cm³/mol. The first-order chi connectivity index (χ1) is 13.6. The van der Waals surface area contributed by atoms with Crippen molar-refractivity contribution in [3.8, 4) is 0 Å². The van der Waals surface area contributed by atoms with E-state index in [1.165, 1.54) is 6.42 Å². The summed E-state index contributed by atoms with van der Waals surface area (Å²) in [4.78, 5) is 18.4. The number of carboxylic acids is 1. The number of benzene rings is 1. The first kappa shape index (κ1) is 18.5. The summed E-state index contributed by atoms with van der Waals surface area (Å²) in [5.74, 6) is -0.336. The number of nitrogens with one attached hydrogen (secondary N) is 2. The summed E-state index contributed by atoms with van der Waals surface area (Å²) in [7, 11) is 0. The number of hydrogen-bond donors (Lipinski definition) is 3. The minimum Gasteiger partial charge on any atom is -0.477 e. The highest BCUT2D eigenvalue weighted by Gasteiger charge is 2.30. The third kappa shape index (κ3) is 3.72. The van der Waals surface area contributed by atoms with Gasteiger partial charge in [0.15, 0.2) is 5.69 Å². The molecule has 1 aromatic carbocycles. The molecule has 0 unspecified atom stereocenters. The minimum atomic E-state index is -1.05. The van der Waals surface area contributed by atoms with Crippen molar-refractivity contribution in [2.75, 3.05) is 23.3 Å². The van der Waals surface area contributed by atoms with Crippen molar-refractivity contribution in [2.24, 2.45) is 5.92 Å². The highest BCUT2D eigenvalue weighted by atomic mass is 16.4. The molecule has 2 fully saturated rings. The lowest BCUT2D eigenvalue weighted by atomic mass is 9.79. The third-order valence-electron chi connectivity index (χ3n) is 5.73. The number of aromatic carboxylic acids is 1. The number of anilines is 3. The van der Waals surface area contributed by atoms with E-state index in [-0.39, 0.29) is 11.6 Å². The predicted octanol–water partition coefficient (Wildman–Crippen LogP) is 4.68. The number of para-hydroxylation sites is 1. The molecule has 0 atom stereocenters. The fraction of sp³-hybridized carbons (Fsp3) is 0.409. The van der Waals surface area contributed by atoms with E-state index in [0.717, 1.165) is 62.1 Å². The topological polar surface area (TPSA) is 89.3 Å². The maximum Gasteiger partial charge on any atom is 0.354 e. The molecule has 0 amide bonds. The van der Waals surface area contributed by atoms with E-state index in [9.17, 15) is 9.90 Å². The van der Waals surface area contributed by atoms with E-state index in [0.29, 0.717) is 11.5 Å². The van der Waals surface area contributed by atoms with Gasteiger partial charge in [0.05, 0.1) is 11.3 Å². The van der Waals surface area contributed by atoms with Gasteiger partial charge in [-0.2, -0.15) is 0 Å². The first-order valence-corrected chi connectivity index (χ1v) is 10.1. The highest BCUT2D eigenvalue weighted by molar-refractivity contribution is 6.10. The van der Waals surface area contributed by atoms with Crippen LogP contribution < -0.4 is 10.2 Å². The summed E-state index contributed by atoms with van der Waals surface area (Å²) >= 11 is 0. The van der Waals surface area contributed by atoms with Crippen LogP contribution in [0.1, 0.15) is 54.6 Å². The molecule has 2 aromatic rings. The minimum absolute atomic E-state index is 0.0177. The number of carbonyl (C=O) groups is 1. The molecule has 1 aliphatic heterocycles. The van der Waals surface area contributed by atoms with Crippen molar-refractivity contribution in [1.82, 2.24) is 4.98 Å². The number of nitrogens with zero attached hydrogens (tertiary/aromatic N) is 2. The van der Waals surface area contributed by atoms with Gasteiger partial charge in [-0.25, -0.2) is 9.78 Å². The summed E-state index contributed by atoms with van der Waals surface area (Å²) in [6.07, 6.45) is 6.55. The standard InChI is InChI=1S/C22H26N4O2/c23-20(15-8-7-9-15)19-18(26-12-5-2-6-13-26)14-17(22(27)28)25-21(19)24-16-10-3-1-4-11-16/h1,3-4,10-11,14-15,23H,2,5-9,12-13H2,(H,24,25)(H,27,28). The second-order valence-electron chi connectivity index (χ2n) is 7.64. The first-order valence-electron chi connectivity index (χ1n) is 10.1. The van der Waals surface area contributed by atoms with Gasteiger partial charge in [-0.1, -0.05) is 24.6 Å². The SMILES string of the molecule is N=C(c1c(N2CCCCC2)cc(C(=O)O)nc1Nc1ccccc1)C1CCC1. The number of pyridine rings is 1. The van der Waals surface area contributed by atoms with Gasteiger partial charge in [0.25, 0.3) is 0 Å². The molecule has 4 rings (SSSR count). The van der Waals surface area contributed by atoms with E-state index in [1.54, 1.807) is 6.07 Å². The van der Waals surface area contributed by atoms with Gasteiger partial charge in [-0.05, 0) is 50.3 Å². The number of aromatic nitrogens is 1. The molecule has 1 aromatic heterocycles. The summed E-state index contributed by atoms with van der Waals surface area (Å²) in [5, 5.41) is 21.8. The molecule has 0 spiro atoms. The Hall–Kier alpha value is -2.89. The third-order valence-corrected chi connectivity index (χ3v) is 5.73. The number of hydrogen-bond acceptors (Lipinski definition) is 5. The Morgan fingerprint density at radius 1 is 1.11 bits per heavy atom. The smallest absolute Gasteiger partial charge is 0.354 e. The molecule has 1 saturated heterocycles. The Morgan fingerprint density at radius 3 is 2.43 bits per heavy atom. The van der Waals surface area contributed by atoms with Crippen LogP contribution in [-0.2, 0) is 0 Å². The fourth-order valence-corrected chi connectivity index (χ4v) is 3.94. The molecular formula is C22H26N4O2. The van der Waals surface area contributed by atoms with Gasteiger partial charge >= 0.3 is 5.97 Å². The van der Waals surface area contributed by atoms with Crippen LogP contribution in [0.15, 0.2) is 36.4 Å². The average molecular weight is 378 g/mol. The van der Waals surface area contributed by atoms with E-state index in [4.69, 9.17) is 5.41 Å². The van der Waals surface area contributed by atoms with Crippen LogP contribution in [-0.4, -0.2) is 34.9 Å². The molecular weight excluding hydrogens is 352 g/mol. The van der Waals surface area contributed by atoms with Crippen LogP contribution in [0.25, 0.3) is 0 Å². The van der Waals surface area contributed by atoms with Gasteiger partial charge < -0.3 is 20.7 Å². The maximum atomic E-state index is 11.8. The summed E-state index contributed by atoms with van der Waals surface area (Å²) < 4.78 is 0. The summed E-state index contributed by atoms with van der Waals surface area (Å²) in [6, 6.07) is 11.3.